The molecule has 1 fully saturated rings. The third-order valence-corrected chi connectivity index (χ3v) is 3.62. The lowest BCUT2D eigenvalue weighted by molar-refractivity contribution is 0.404. The van der Waals surface area contributed by atoms with Crippen molar-refractivity contribution in [2.75, 3.05) is 13.7 Å². The van der Waals surface area contributed by atoms with Crippen LogP contribution in [0.25, 0.3) is 0 Å². The summed E-state index contributed by atoms with van der Waals surface area (Å²) in [5.74, 6) is 1.85. The summed E-state index contributed by atoms with van der Waals surface area (Å²) in [5.41, 5.74) is 7.08. The van der Waals surface area contributed by atoms with Gasteiger partial charge in [-0.3, -0.25) is 4.98 Å². The Morgan fingerprint density at radius 2 is 2.27 bits per heavy atom. The zero-order chi connectivity index (χ0) is 11.1. The first kappa shape index (κ1) is 10.4. The van der Waals surface area contributed by atoms with Crippen LogP contribution in [-0.4, -0.2) is 18.6 Å². The highest BCUT2D eigenvalue weighted by atomic mass is 16.5. The summed E-state index contributed by atoms with van der Waals surface area (Å²) in [6, 6.07) is 3.86. The van der Waals surface area contributed by atoms with Gasteiger partial charge in [0, 0.05) is 12.1 Å². The third kappa shape index (κ3) is 1.51. The number of rotatable bonds is 3. The Morgan fingerprint density at radius 3 is 2.80 bits per heavy atom. The Labute approximate surface area is 90.7 Å². The van der Waals surface area contributed by atoms with Crippen LogP contribution in [0.15, 0.2) is 18.3 Å². The van der Waals surface area contributed by atoms with Crippen LogP contribution in [0.1, 0.15) is 25.5 Å². The Morgan fingerprint density at radius 1 is 1.53 bits per heavy atom. The third-order valence-electron chi connectivity index (χ3n) is 3.62. The van der Waals surface area contributed by atoms with Crippen molar-refractivity contribution in [3.8, 4) is 5.75 Å². The second kappa shape index (κ2) is 3.49. The minimum absolute atomic E-state index is 0.260. The minimum atomic E-state index is 0.260. The fraction of sp³-hybridized carbons (Fsp3) is 0.583. The van der Waals surface area contributed by atoms with E-state index in [2.05, 4.69) is 18.8 Å². The molecule has 0 bridgehead atoms. The van der Waals surface area contributed by atoms with Crippen molar-refractivity contribution in [2.45, 2.75) is 19.8 Å². The monoisotopic (exact) mass is 206 g/mol. The quantitative estimate of drug-likeness (QED) is 0.820. The van der Waals surface area contributed by atoms with Gasteiger partial charge in [0.25, 0.3) is 0 Å². The van der Waals surface area contributed by atoms with Gasteiger partial charge in [-0.05, 0) is 30.0 Å². The number of ether oxygens (including phenoxy) is 1. The van der Waals surface area contributed by atoms with E-state index in [1.807, 2.05) is 18.3 Å². The highest BCUT2D eigenvalue weighted by Gasteiger charge is 2.58. The summed E-state index contributed by atoms with van der Waals surface area (Å²) >= 11 is 0. The average molecular weight is 206 g/mol. The molecule has 1 saturated carbocycles. The van der Waals surface area contributed by atoms with E-state index in [9.17, 15) is 0 Å². The predicted molar refractivity (Wildman–Crippen MR) is 59.9 cm³/mol. The Bertz CT molecular complexity index is 362. The molecule has 0 spiro atoms. The number of hydrogen-bond donors (Lipinski definition) is 1. The molecule has 0 unspecified atom stereocenters. The van der Waals surface area contributed by atoms with Crippen molar-refractivity contribution in [3.05, 3.63) is 24.0 Å². The number of aromatic nitrogens is 1. The lowest BCUT2D eigenvalue weighted by Gasteiger charge is -2.07. The van der Waals surface area contributed by atoms with Crippen molar-refractivity contribution in [1.29, 1.82) is 0 Å². The number of hydrogen-bond acceptors (Lipinski definition) is 3. The smallest absolute Gasteiger partial charge is 0.140 e. The van der Waals surface area contributed by atoms with E-state index in [4.69, 9.17) is 10.5 Å². The fourth-order valence-corrected chi connectivity index (χ4v) is 2.54. The van der Waals surface area contributed by atoms with Crippen LogP contribution in [0.2, 0.25) is 0 Å². The van der Waals surface area contributed by atoms with Crippen LogP contribution < -0.4 is 10.5 Å². The standard InChI is InChI=1S/C12H18N2O/c1-12(2)8(7-13)10(12)11-9(15-3)5-4-6-14-11/h4-6,8,10H,7,13H2,1-3H3/t8-,10+/m0/s1. The van der Waals surface area contributed by atoms with Gasteiger partial charge in [0.1, 0.15) is 5.75 Å². The van der Waals surface area contributed by atoms with Crippen LogP contribution in [0.3, 0.4) is 0 Å². The van der Waals surface area contributed by atoms with Crippen molar-refractivity contribution >= 4 is 0 Å². The van der Waals surface area contributed by atoms with E-state index in [1.54, 1.807) is 7.11 Å². The molecule has 2 atom stereocenters. The van der Waals surface area contributed by atoms with Crippen LogP contribution in [-0.2, 0) is 0 Å². The molecule has 0 saturated heterocycles. The second-order valence-electron chi connectivity index (χ2n) is 4.73. The number of nitrogens with zero attached hydrogens (tertiary/aromatic N) is 1. The van der Waals surface area contributed by atoms with Gasteiger partial charge in [0.2, 0.25) is 0 Å². The zero-order valence-electron chi connectivity index (χ0n) is 9.53. The molecule has 1 heterocycles. The molecule has 1 aromatic rings. The number of methoxy groups -OCH3 is 1. The first-order chi connectivity index (χ1) is 7.12. The van der Waals surface area contributed by atoms with Gasteiger partial charge < -0.3 is 10.5 Å². The van der Waals surface area contributed by atoms with Crippen molar-refractivity contribution in [2.24, 2.45) is 17.1 Å². The molecule has 3 nitrogen and oxygen atoms in total. The van der Waals surface area contributed by atoms with E-state index in [0.717, 1.165) is 18.0 Å². The van der Waals surface area contributed by atoms with Gasteiger partial charge in [-0.25, -0.2) is 0 Å². The van der Waals surface area contributed by atoms with Crippen LogP contribution >= 0.6 is 0 Å². The summed E-state index contributed by atoms with van der Waals surface area (Å²) in [6.07, 6.45) is 1.82. The van der Waals surface area contributed by atoms with E-state index >= 15 is 0 Å². The van der Waals surface area contributed by atoms with Crippen LogP contribution in [0.4, 0.5) is 0 Å². The Hall–Kier alpha value is -1.09. The van der Waals surface area contributed by atoms with E-state index in [1.165, 1.54) is 0 Å². The summed E-state index contributed by atoms with van der Waals surface area (Å²) in [4.78, 5) is 4.42. The minimum Gasteiger partial charge on any atom is -0.495 e. The van der Waals surface area contributed by atoms with E-state index < -0.39 is 0 Å². The van der Waals surface area contributed by atoms with Crippen LogP contribution in [0, 0.1) is 11.3 Å². The first-order valence-corrected chi connectivity index (χ1v) is 5.32. The molecule has 0 aliphatic heterocycles. The molecule has 2 N–H and O–H groups in total. The van der Waals surface area contributed by atoms with Gasteiger partial charge in [-0.2, -0.15) is 0 Å². The highest BCUT2D eigenvalue weighted by Crippen LogP contribution is 2.64. The van der Waals surface area contributed by atoms with E-state index in [-0.39, 0.29) is 5.41 Å². The largest absolute Gasteiger partial charge is 0.495 e. The van der Waals surface area contributed by atoms with Crippen molar-refractivity contribution < 1.29 is 4.74 Å². The summed E-state index contributed by atoms with van der Waals surface area (Å²) in [6.45, 7) is 5.20. The zero-order valence-corrected chi connectivity index (χ0v) is 9.53. The topological polar surface area (TPSA) is 48.1 Å². The maximum absolute atomic E-state index is 5.76. The SMILES string of the molecule is COc1cccnc1[C@H]1[C@H](CN)C1(C)C. The Kier molecular flexibility index (Phi) is 2.43. The van der Waals surface area contributed by atoms with Crippen molar-refractivity contribution in [1.82, 2.24) is 4.98 Å². The fourth-order valence-electron chi connectivity index (χ4n) is 2.54. The summed E-state index contributed by atoms with van der Waals surface area (Å²) in [5, 5.41) is 0. The average Bonchev–Trinajstić information content (AvgIpc) is 2.80. The molecular weight excluding hydrogens is 188 g/mol. The van der Waals surface area contributed by atoms with Gasteiger partial charge in [0.15, 0.2) is 0 Å². The lowest BCUT2D eigenvalue weighted by Crippen LogP contribution is -2.05. The summed E-state index contributed by atoms with van der Waals surface area (Å²) in [7, 11) is 1.69. The number of pyridine rings is 1. The second-order valence-corrected chi connectivity index (χ2v) is 4.73. The molecule has 15 heavy (non-hydrogen) atoms. The van der Waals surface area contributed by atoms with Crippen molar-refractivity contribution in [3.63, 3.8) is 0 Å². The molecule has 0 amide bonds. The van der Waals surface area contributed by atoms with Gasteiger partial charge in [-0.15, -0.1) is 0 Å². The normalized spacial score (nSPS) is 27.5. The first-order valence-electron chi connectivity index (χ1n) is 5.32. The van der Waals surface area contributed by atoms with Crippen LogP contribution in [0.5, 0.6) is 5.75 Å². The molecule has 1 aromatic heterocycles. The van der Waals surface area contributed by atoms with E-state index in [0.29, 0.717) is 11.8 Å². The molecule has 1 aliphatic carbocycles. The summed E-state index contributed by atoms with van der Waals surface area (Å²) < 4.78 is 5.33. The molecule has 2 rings (SSSR count). The molecule has 0 radical (unpaired) electrons. The molecule has 3 heteroatoms. The van der Waals surface area contributed by atoms with Gasteiger partial charge >= 0.3 is 0 Å². The van der Waals surface area contributed by atoms with Gasteiger partial charge in [0.05, 0.1) is 12.8 Å². The molecular formula is C12H18N2O. The molecule has 0 aromatic carbocycles. The lowest BCUT2D eigenvalue weighted by atomic mass is 10.1. The Balaban J connectivity index is 2.32. The maximum atomic E-state index is 5.76. The molecule has 82 valence electrons. The molecule has 1 aliphatic rings. The number of nitrogens with two attached hydrogens (primary N) is 1. The highest BCUT2D eigenvalue weighted by molar-refractivity contribution is 5.37. The predicted octanol–water partition coefficient (Wildman–Crippen LogP) is 1.79. The van der Waals surface area contributed by atoms with Gasteiger partial charge in [-0.1, -0.05) is 13.8 Å². The maximum Gasteiger partial charge on any atom is 0.140 e.